The first-order valence-electron chi connectivity index (χ1n) is 8.04. The Hall–Kier alpha value is -1.62. The molecule has 0 N–H and O–H groups in total. The maximum Gasteiger partial charge on any atom is 0.167 e. The van der Waals surface area contributed by atoms with E-state index >= 15 is 0 Å². The molecule has 2 aromatic rings. The zero-order valence-electron chi connectivity index (χ0n) is 13.4. The Morgan fingerprint density at radius 1 is 1.12 bits per heavy atom. The van der Waals surface area contributed by atoms with Crippen molar-refractivity contribution in [1.82, 2.24) is 0 Å². The zero-order chi connectivity index (χ0) is 17.8. The van der Waals surface area contributed by atoms with Crippen LogP contribution in [0.25, 0.3) is 0 Å². The van der Waals surface area contributed by atoms with Crippen molar-refractivity contribution in [2.75, 3.05) is 13.2 Å². The van der Waals surface area contributed by atoms with Crippen LogP contribution in [0.3, 0.4) is 0 Å². The molecule has 25 heavy (non-hydrogen) atoms. The molecule has 6 heteroatoms. The molecule has 1 saturated heterocycles. The second kappa shape index (κ2) is 8.17. The van der Waals surface area contributed by atoms with E-state index in [1.54, 1.807) is 24.3 Å². The molecule has 0 aliphatic carbocycles. The topological polar surface area (TPSA) is 35.5 Å². The van der Waals surface area contributed by atoms with Crippen molar-refractivity contribution in [3.05, 3.63) is 63.4 Å². The van der Waals surface area contributed by atoms with E-state index < -0.39 is 5.82 Å². The van der Waals surface area contributed by atoms with Crippen molar-refractivity contribution in [2.45, 2.75) is 25.4 Å². The van der Waals surface area contributed by atoms with Crippen LogP contribution in [0.2, 0.25) is 10.0 Å². The van der Waals surface area contributed by atoms with Crippen LogP contribution in [-0.4, -0.2) is 25.1 Å². The predicted octanol–water partition coefficient (Wildman–Crippen LogP) is 5.12. The number of carbonyl (C=O) groups excluding carboxylic acids is 1. The maximum atomic E-state index is 14.3. The highest BCUT2D eigenvalue weighted by molar-refractivity contribution is 6.42. The Morgan fingerprint density at radius 3 is 2.56 bits per heavy atom. The molecule has 0 saturated carbocycles. The maximum absolute atomic E-state index is 14.3. The van der Waals surface area contributed by atoms with Crippen molar-refractivity contribution in [1.29, 1.82) is 0 Å². The number of rotatable bonds is 5. The van der Waals surface area contributed by atoms with Gasteiger partial charge in [0.1, 0.15) is 6.10 Å². The van der Waals surface area contributed by atoms with E-state index in [-0.39, 0.29) is 24.1 Å². The SMILES string of the molecule is O=C(Cc1ccc(Cl)c(Cl)c1)c1ccc(OC2CCOCC2)c(F)c1. The van der Waals surface area contributed by atoms with Gasteiger partial charge in [0.25, 0.3) is 0 Å². The molecule has 132 valence electrons. The molecule has 0 bridgehead atoms. The lowest BCUT2D eigenvalue weighted by molar-refractivity contribution is 0.0240. The molecule has 2 aromatic carbocycles. The van der Waals surface area contributed by atoms with Crippen LogP contribution in [0.1, 0.15) is 28.8 Å². The molecule has 3 nitrogen and oxygen atoms in total. The number of benzene rings is 2. The lowest BCUT2D eigenvalue weighted by Gasteiger charge is -2.23. The largest absolute Gasteiger partial charge is 0.487 e. The third-order valence-electron chi connectivity index (χ3n) is 4.06. The third kappa shape index (κ3) is 4.72. The fourth-order valence-electron chi connectivity index (χ4n) is 2.68. The van der Waals surface area contributed by atoms with Gasteiger partial charge in [-0.1, -0.05) is 29.3 Å². The summed E-state index contributed by atoms with van der Waals surface area (Å²) in [7, 11) is 0. The molecule has 0 aromatic heterocycles. The molecule has 0 unspecified atom stereocenters. The minimum absolute atomic E-state index is 0.0546. The molecule has 0 amide bonds. The van der Waals surface area contributed by atoms with Gasteiger partial charge in [-0.05, 0) is 35.9 Å². The van der Waals surface area contributed by atoms with Crippen LogP contribution >= 0.6 is 23.2 Å². The van der Waals surface area contributed by atoms with Crippen molar-refractivity contribution in [3.8, 4) is 5.75 Å². The van der Waals surface area contributed by atoms with Gasteiger partial charge in [-0.25, -0.2) is 4.39 Å². The standard InChI is InChI=1S/C19H17Cl2FO3/c20-15-3-1-12(9-16(15)21)10-18(23)13-2-4-19(17(22)11-13)25-14-5-7-24-8-6-14/h1-4,9,11,14H,5-8,10H2. The van der Waals surface area contributed by atoms with Crippen LogP contribution in [0.5, 0.6) is 5.75 Å². The molecular formula is C19H17Cl2FO3. The van der Waals surface area contributed by atoms with Gasteiger partial charge in [-0.3, -0.25) is 4.79 Å². The molecule has 0 spiro atoms. The van der Waals surface area contributed by atoms with Crippen LogP contribution in [0.15, 0.2) is 36.4 Å². The average Bonchev–Trinajstić information content (AvgIpc) is 2.61. The number of ether oxygens (including phenoxy) is 2. The van der Waals surface area contributed by atoms with E-state index in [2.05, 4.69) is 0 Å². The van der Waals surface area contributed by atoms with Crippen molar-refractivity contribution >= 4 is 29.0 Å². The van der Waals surface area contributed by atoms with Crippen LogP contribution in [0, 0.1) is 5.82 Å². The normalized spacial score (nSPS) is 15.2. The van der Waals surface area contributed by atoms with Gasteiger partial charge in [0.15, 0.2) is 17.3 Å². The Labute approximate surface area is 155 Å². The van der Waals surface area contributed by atoms with E-state index in [4.69, 9.17) is 32.7 Å². The van der Waals surface area contributed by atoms with E-state index in [0.29, 0.717) is 28.8 Å². The summed E-state index contributed by atoms with van der Waals surface area (Å²) in [6.07, 6.45) is 1.53. The summed E-state index contributed by atoms with van der Waals surface area (Å²) in [6, 6.07) is 9.31. The summed E-state index contributed by atoms with van der Waals surface area (Å²) in [6.45, 7) is 1.24. The summed E-state index contributed by atoms with van der Waals surface area (Å²) < 4.78 is 25.2. The fraction of sp³-hybridized carbons (Fsp3) is 0.316. The highest BCUT2D eigenvalue weighted by Gasteiger charge is 2.18. The molecule has 0 atom stereocenters. The number of hydrogen-bond acceptors (Lipinski definition) is 3. The van der Waals surface area contributed by atoms with E-state index in [1.165, 1.54) is 12.1 Å². The molecule has 1 fully saturated rings. The summed E-state index contributed by atoms with van der Waals surface area (Å²) in [5, 5.41) is 0.817. The van der Waals surface area contributed by atoms with Gasteiger partial charge >= 0.3 is 0 Å². The summed E-state index contributed by atoms with van der Waals surface area (Å²) in [5.74, 6) is -0.570. The predicted molar refractivity (Wildman–Crippen MR) is 95.4 cm³/mol. The Balaban J connectivity index is 1.68. The van der Waals surface area contributed by atoms with Crippen LogP contribution in [-0.2, 0) is 11.2 Å². The molecular weight excluding hydrogens is 366 g/mol. The van der Waals surface area contributed by atoms with Crippen LogP contribution in [0.4, 0.5) is 4.39 Å². The summed E-state index contributed by atoms with van der Waals surface area (Å²) >= 11 is 11.8. The Bertz CT molecular complexity index is 773. The number of hydrogen-bond donors (Lipinski definition) is 0. The van der Waals surface area contributed by atoms with Gasteiger partial charge in [-0.15, -0.1) is 0 Å². The first-order valence-corrected chi connectivity index (χ1v) is 8.79. The van der Waals surface area contributed by atoms with E-state index in [0.717, 1.165) is 18.4 Å². The minimum Gasteiger partial charge on any atom is -0.487 e. The molecule has 1 aliphatic heterocycles. The van der Waals surface area contributed by atoms with Gasteiger partial charge in [0.05, 0.1) is 23.3 Å². The average molecular weight is 383 g/mol. The molecule has 1 heterocycles. The highest BCUT2D eigenvalue weighted by Crippen LogP contribution is 2.25. The monoisotopic (exact) mass is 382 g/mol. The molecule has 3 rings (SSSR count). The smallest absolute Gasteiger partial charge is 0.167 e. The third-order valence-corrected chi connectivity index (χ3v) is 4.80. The minimum atomic E-state index is -0.536. The zero-order valence-corrected chi connectivity index (χ0v) is 14.9. The highest BCUT2D eigenvalue weighted by atomic mass is 35.5. The first-order chi connectivity index (χ1) is 12.0. The Kier molecular flexibility index (Phi) is 5.94. The quantitative estimate of drug-likeness (QED) is 0.673. The molecule has 0 radical (unpaired) electrons. The van der Waals surface area contributed by atoms with Gasteiger partial charge < -0.3 is 9.47 Å². The fourth-order valence-corrected chi connectivity index (χ4v) is 3.00. The second-order valence-electron chi connectivity index (χ2n) is 5.92. The van der Waals surface area contributed by atoms with E-state index in [9.17, 15) is 9.18 Å². The summed E-state index contributed by atoms with van der Waals surface area (Å²) in [4.78, 5) is 12.4. The first kappa shape index (κ1) is 18.2. The van der Waals surface area contributed by atoms with Gasteiger partial charge in [0.2, 0.25) is 0 Å². The number of Topliss-reactive ketones (excluding diaryl/α,β-unsaturated/α-hetero) is 1. The number of carbonyl (C=O) groups is 1. The van der Waals surface area contributed by atoms with Crippen molar-refractivity contribution in [2.24, 2.45) is 0 Å². The summed E-state index contributed by atoms with van der Waals surface area (Å²) in [5.41, 5.74) is 1.02. The Morgan fingerprint density at radius 2 is 1.88 bits per heavy atom. The number of halogens is 3. The molecule has 1 aliphatic rings. The van der Waals surface area contributed by atoms with Crippen molar-refractivity contribution < 1.29 is 18.7 Å². The number of ketones is 1. The lowest BCUT2D eigenvalue weighted by Crippen LogP contribution is -2.26. The van der Waals surface area contributed by atoms with Crippen molar-refractivity contribution in [3.63, 3.8) is 0 Å². The van der Waals surface area contributed by atoms with Crippen LogP contribution < -0.4 is 4.74 Å². The van der Waals surface area contributed by atoms with E-state index in [1.807, 2.05) is 0 Å². The van der Waals surface area contributed by atoms with Gasteiger partial charge in [-0.2, -0.15) is 0 Å². The second-order valence-corrected chi connectivity index (χ2v) is 6.74. The van der Waals surface area contributed by atoms with Gasteiger partial charge in [0, 0.05) is 24.8 Å². The lowest BCUT2D eigenvalue weighted by atomic mass is 10.0.